The van der Waals surface area contributed by atoms with Gasteiger partial charge in [0, 0.05) is 19.2 Å². The van der Waals surface area contributed by atoms with Crippen LogP contribution in [-0.2, 0) is 0 Å². The van der Waals surface area contributed by atoms with Crippen LogP contribution in [0.25, 0.3) is 0 Å². The summed E-state index contributed by atoms with van der Waals surface area (Å²) in [6, 6.07) is 6.64. The van der Waals surface area contributed by atoms with Crippen LogP contribution in [0.5, 0.6) is 0 Å². The minimum absolute atomic E-state index is 0.250. The van der Waals surface area contributed by atoms with E-state index in [0.717, 1.165) is 0 Å². The lowest BCUT2D eigenvalue weighted by atomic mass is 10.1. The number of hydrogen-bond donors (Lipinski definition) is 1. The van der Waals surface area contributed by atoms with E-state index in [1.54, 1.807) is 31.3 Å². The maximum atomic E-state index is 12.0. The van der Waals surface area contributed by atoms with Crippen molar-refractivity contribution in [2.75, 3.05) is 13.6 Å². The molecule has 19 heavy (non-hydrogen) atoms. The van der Waals surface area contributed by atoms with Crippen molar-refractivity contribution in [3.63, 3.8) is 0 Å². The molecule has 0 aliphatic rings. The third kappa shape index (κ3) is 5.22. The Labute approximate surface area is 115 Å². The van der Waals surface area contributed by atoms with E-state index in [2.05, 4.69) is 0 Å². The van der Waals surface area contributed by atoms with E-state index in [4.69, 9.17) is 0 Å². The normalized spacial score (nSPS) is 11.0. The lowest BCUT2D eigenvalue weighted by molar-refractivity contribution is 0.0674. The van der Waals surface area contributed by atoms with Gasteiger partial charge in [-0.25, -0.2) is 0 Å². The van der Waals surface area contributed by atoms with Crippen LogP contribution in [0, 0.1) is 0 Å². The monoisotopic (exact) mass is 265 g/mol. The Bertz CT molecular complexity index is 404. The SMILES string of the molecule is CC.CCC(O)CN(C)C(=O)c1ccccc1C=O. The van der Waals surface area contributed by atoms with Gasteiger partial charge in [0.05, 0.1) is 11.7 Å². The van der Waals surface area contributed by atoms with E-state index in [-0.39, 0.29) is 12.5 Å². The van der Waals surface area contributed by atoms with Crippen LogP contribution in [0.3, 0.4) is 0 Å². The second-order valence-electron chi connectivity index (χ2n) is 3.95. The molecule has 0 saturated carbocycles. The van der Waals surface area contributed by atoms with E-state index in [0.29, 0.717) is 23.8 Å². The molecule has 4 heteroatoms. The number of hydrogen-bond acceptors (Lipinski definition) is 3. The minimum Gasteiger partial charge on any atom is -0.391 e. The Morgan fingerprint density at radius 2 is 1.95 bits per heavy atom. The first-order chi connectivity index (χ1) is 9.10. The molecule has 1 N–H and O–H groups in total. The van der Waals surface area contributed by atoms with Crippen LogP contribution in [0.15, 0.2) is 24.3 Å². The van der Waals surface area contributed by atoms with Crippen LogP contribution in [-0.4, -0.2) is 41.9 Å². The van der Waals surface area contributed by atoms with E-state index in [1.165, 1.54) is 4.90 Å². The van der Waals surface area contributed by atoms with Crippen LogP contribution in [0.1, 0.15) is 47.9 Å². The summed E-state index contributed by atoms with van der Waals surface area (Å²) in [7, 11) is 1.61. The topological polar surface area (TPSA) is 57.6 Å². The largest absolute Gasteiger partial charge is 0.391 e. The van der Waals surface area contributed by atoms with E-state index >= 15 is 0 Å². The molecule has 0 heterocycles. The number of amides is 1. The molecule has 0 fully saturated rings. The smallest absolute Gasteiger partial charge is 0.254 e. The predicted molar refractivity (Wildman–Crippen MR) is 76.4 cm³/mol. The molecule has 0 bridgehead atoms. The first-order valence-corrected chi connectivity index (χ1v) is 6.57. The van der Waals surface area contributed by atoms with Gasteiger partial charge in [-0.2, -0.15) is 0 Å². The molecule has 4 nitrogen and oxygen atoms in total. The molecule has 1 aromatic rings. The Kier molecular flexibility index (Phi) is 8.46. The number of rotatable bonds is 5. The molecule has 0 spiro atoms. The fourth-order valence-electron chi connectivity index (χ4n) is 1.53. The number of likely N-dealkylation sites (N-methyl/N-ethyl adjacent to an activating group) is 1. The van der Waals surface area contributed by atoms with Crippen molar-refractivity contribution in [2.24, 2.45) is 0 Å². The number of aliphatic hydroxyl groups is 1. The zero-order chi connectivity index (χ0) is 14.8. The van der Waals surface area contributed by atoms with Crippen molar-refractivity contribution in [2.45, 2.75) is 33.3 Å². The van der Waals surface area contributed by atoms with Crippen LogP contribution in [0.2, 0.25) is 0 Å². The van der Waals surface area contributed by atoms with Gasteiger partial charge in [-0.15, -0.1) is 0 Å². The summed E-state index contributed by atoms with van der Waals surface area (Å²) in [5.41, 5.74) is 0.739. The Balaban J connectivity index is 0.00000154. The number of aldehydes is 1. The van der Waals surface area contributed by atoms with Crippen LogP contribution < -0.4 is 0 Å². The lowest BCUT2D eigenvalue weighted by Gasteiger charge is -2.20. The lowest BCUT2D eigenvalue weighted by Crippen LogP contribution is -2.34. The van der Waals surface area contributed by atoms with Crippen molar-refractivity contribution in [1.29, 1.82) is 0 Å². The first-order valence-electron chi connectivity index (χ1n) is 6.57. The quantitative estimate of drug-likeness (QED) is 0.831. The standard InChI is InChI=1S/C13H17NO3.C2H6/c1-3-11(16)8-14(2)13(17)12-7-5-4-6-10(12)9-15;1-2/h4-7,9,11,16H,3,8H2,1-2H3;1-2H3. The Morgan fingerprint density at radius 1 is 1.37 bits per heavy atom. The molecule has 1 amide bonds. The third-order valence-electron chi connectivity index (χ3n) is 2.62. The average Bonchev–Trinajstić information content (AvgIpc) is 2.48. The third-order valence-corrected chi connectivity index (χ3v) is 2.62. The van der Waals surface area contributed by atoms with E-state index in [9.17, 15) is 14.7 Å². The van der Waals surface area contributed by atoms with Gasteiger partial charge >= 0.3 is 0 Å². The summed E-state index contributed by atoms with van der Waals surface area (Å²) in [6.45, 7) is 6.12. The van der Waals surface area contributed by atoms with E-state index in [1.807, 2.05) is 20.8 Å². The fraction of sp³-hybridized carbons (Fsp3) is 0.467. The molecule has 106 valence electrons. The van der Waals surface area contributed by atoms with Gasteiger partial charge in [0.2, 0.25) is 0 Å². The summed E-state index contributed by atoms with van der Waals surface area (Å²) in [4.78, 5) is 24.3. The average molecular weight is 265 g/mol. The van der Waals surface area contributed by atoms with Gasteiger partial charge in [-0.05, 0) is 12.5 Å². The molecule has 1 aromatic carbocycles. The zero-order valence-electron chi connectivity index (χ0n) is 12.1. The number of benzene rings is 1. The molecular formula is C15H23NO3. The molecular weight excluding hydrogens is 242 g/mol. The summed E-state index contributed by atoms with van der Waals surface area (Å²) in [6.07, 6.45) is 0.719. The van der Waals surface area contributed by atoms with Gasteiger partial charge < -0.3 is 10.0 Å². The van der Waals surface area contributed by atoms with Crippen molar-refractivity contribution in [3.05, 3.63) is 35.4 Å². The molecule has 1 unspecified atom stereocenters. The number of nitrogens with zero attached hydrogens (tertiary/aromatic N) is 1. The highest BCUT2D eigenvalue weighted by atomic mass is 16.3. The molecule has 0 aliphatic carbocycles. The summed E-state index contributed by atoms with van der Waals surface area (Å²) >= 11 is 0. The number of carbonyl (C=O) groups excluding carboxylic acids is 2. The second kappa shape index (κ2) is 9.28. The summed E-state index contributed by atoms with van der Waals surface area (Å²) in [5.74, 6) is -0.250. The number of carbonyl (C=O) groups is 2. The maximum Gasteiger partial charge on any atom is 0.254 e. The van der Waals surface area contributed by atoms with Crippen LogP contribution >= 0.6 is 0 Å². The molecule has 0 saturated heterocycles. The van der Waals surface area contributed by atoms with Gasteiger partial charge in [0.1, 0.15) is 0 Å². The number of aliphatic hydroxyl groups excluding tert-OH is 1. The highest BCUT2D eigenvalue weighted by molar-refractivity contribution is 6.01. The molecule has 0 aliphatic heterocycles. The Hall–Kier alpha value is -1.68. The van der Waals surface area contributed by atoms with Crippen molar-refractivity contribution in [3.8, 4) is 0 Å². The van der Waals surface area contributed by atoms with Crippen molar-refractivity contribution < 1.29 is 14.7 Å². The highest BCUT2D eigenvalue weighted by Gasteiger charge is 2.16. The first kappa shape index (κ1) is 17.3. The highest BCUT2D eigenvalue weighted by Crippen LogP contribution is 2.09. The second-order valence-corrected chi connectivity index (χ2v) is 3.95. The van der Waals surface area contributed by atoms with Gasteiger partial charge in [-0.1, -0.05) is 39.0 Å². The Morgan fingerprint density at radius 3 is 2.47 bits per heavy atom. The van der Waals surface area contributed by atoms with Gasteiger partial charge in [0.15, 0.2) is 6.29 Å². The predicted octanol–water partition coefficient (Wildman–Crippen LogP) is 2.37. The van der Waals surface area contributed by atoms with Crippen LogP contribution in [0.4, 0.5) is 0 Å². The molecule has 1 rings (SSSR count). The maximum absolute atomic E-state index is 12.0. The van der Waals surface area contributed by atoms with Crippen molar-refractivity contribution >= 4 is 12.2 Å². The van der Waals surface area contributed by atoms with Crippen molar-refractivity contribution in [1.82, 2.24) is 4.90 Å². The zero-order valence-corrected chi connectivity index (χ0v) is 12.1. The molecule has 0 radical (unpaired) electrons. The van der Waals surface area contributed by atoms with Gasteiger partial charge in [-0.3, -0.25) is 9.59 Å². The fourth-order valence-corrected chi connectivity index (χ4v) is 1.53. The van der Waals surface area contributed by atoms with E-state index < -0.39 is 6.10 Å². The summed E-state index contributed by atoms with van der Waals surface area (Å²) < 4.78 is 0. The molecule has 0 aromatic heterocycles. The van der Waals surface area contributed by atoms with Gasteiger partial charge in [0.25, 0.3) is 5.91 Å². The molecule has 1 atom stereocenters. The summed E-state index contributed by atoms with van der Waals surface area (Å²) in [5, 5.41) is 9.49. The minimum atomic E-state index is -0.535.